The molecule has 0 aromatic heterocycles. The Hall–Kier alpha value is -2.44. The van der Waals surface area contributed by atoms with Gasteiger partial charge in [-0.15, -0.1) is 0 Å². The molecular formula is C27H34ClN3O3. The summed E-state index contributed by atoms with van der Waals surface area (Å²) in [6.45, 7) is 5.91. The summed E-state index contributed by atoms with van der Waals surface area (Å²) < 4.78 is 11.5. The van der Waals surface area contributed by atoms with Gasteiger partial charge in [-0.3, -0.25) is 4.79 Å². The lowest BCUT2D eigenvalue weighted by Gasteiger charge is -2.31. The Kier molecular flexibility index (Phi) is 7.45. The van der Waals surface area contributed by atoms with E-state index in [1.807, 2.05) is 30.3 Å². The van der Waals surface area contributed by atoms with Crippen LogP contribution in [0.25, 0.3) is 0 Å². The second-order valence-corrected chi connectivity index (χ2v) is 10.1. The Morgan fingerprint density at radius 2 is 1.76 bits per heavy atom. The van der Waals surface area contributed by atoms with Crippen LogP contribution in [0.4, 0.5) is 5.69 Å². The number of rotatable bonds is 7. The lowest BCUT2D eigenvalue weighted by molar-refractivity contribution is -0.125. The fourth-order valence-electron chi connectivity index (χ4n) is 5.29. The predicted octanol–water partition coefficient (Wildman–Crippen LogP) is 4.15. The summed E-state index contributed by atoms with van der Waals surface area (Å²) in [5.41, 5.74) is 2.29. The number of hydrogen-bond acceptors (Lipinski definition) is 5. The molecule has 2 aromatic carbocycles. The van der Waals surface area contributed by atoms with Crippen molar-refractivity contribution in [1.29, 1.82) is 0 Å². The molecule has 3 heterocycles. The first kappa shape index (κ1) is 23.3. The maximum Gasteiger partial charge on any atom is 0.225 e. The monoisotopic (exact) mass is 483 g/mol. The zero-order chi connectivity index (χ0) is 23.3. The van der Waals surface area contributed by atoms with Crippen molar-refractivity contribution in [3.05, 3.63) is 53.1 Å². The lowest BCUT2D eigenvalue weighted by Crippen LogP contribution is -2.48. The van der Waals surface area contributed by atoms with Gasteiger partial charge in [0.05, 0.1) is 5.92 Å². The van der Waals surface area contributed by atoms with Gasteiger partial charge in [0, 0.05) is 36.4 Å². The average molecular weight is 484 g/mol. The number of carbonyl (C=O) groups is 1. The highest BCUT2D eigenvalue weighted by Gasteiger charge is 2.30. The van der Waals surface area contributed by atoms with Gasteiger partial charge in [0.1, 0.15) is 13.2 Å². The molecule has 3 aliphatic heterocycles. The maximum atomic E-state index is 13.3. The molecule has 0 aliphatic carbocycles. The summed E-state index contributed by atoms with van der Waals surface area (Å²) in [5, 5.41) is 4.15. The van der Waals surface area contributed by atoms with Crippen molar-refractivity contribution >= 4 is 23.2 Å². The quantitative estimate of drug-likeness (QED) is 0.641. The Labute approximate surface area is 207 Å². The van der Waals surface area contributed by atoms with Crippen LogP contribution in [0.1, 0.15) is 31.2 Å². The molecule has 2 fully saturated rings. The SMILES string of the molecule is O=C(NC(Cc1ccc2c(c1)OCCO2)CN1CCCCC1)[C@@H]1CCN(c2ccc(Cl)cc2)C1. The van der Waals surface area contributed by atoms with Gasteiger partial charge >= 0.3 is 0 Å². The van der Waals surface area contributed by atoms with Gasteiger partial charge < -0.3 is 24.6 Å². The fourth-order valence-corrected chi connectivity index (χ4v) is 5.42. The van der Waals surface area contributed by atoms with Gasteiger partial charge in [0.2, 0.25) is 5.91 Å². The summed E-state index contributed by atoms with van der Waals surface area (Å²) in [4.78, 5) is 18.1. The molecular weight excluding hydrogens is 450 g/mol. The molecule has 0 saturated carbocycles. The Morgan fingerprint density at radius 3 is 2.56 bits per heavy atom. The number of piperidine rings is 1. The summed E-state index contributed by atoms with van der Waals surface area (Å²) in [7, 11) is 0. The molecule has 1 N–H and O–H groups in total. The second-order valence-electron chi connectivity index (χ2n) is 9.66. The van der Waals surface area contributed by atoms with Crippen LogP contribution in [0.3, 0.4) is 0 Å². The average Bonchev–Trinajstić information content (AvgIpc) is 3.36. The van der Waals surface area contributed by atoms with E-state index < -0.39 is 0 Å². The van der Waals surface area contributed by atoms with E-state index in [0.717, 1.165) is 67.8 Å². The van der Waals surface area contributed by atoms with E-state index in [4.69, 9.17) is 21.1 Å². The molecule has 1 unspecified atom stereocenters. The van der Waals surface area contributed by atoms with Gasteiger partial charge in [0.15, 0.2) is 11.5 Å². The molecule has 6 nitrogen and oxygen atoms in total. The third kappa shape index (κ3) is 5.78. The van der Waals surface area contributed by atoms with Crippen LogP contribution in [-0.4, -0.2) is 62.8 Å². The van der Waals surface area contributed by atoms with E-state index >= 15 is 0 Å². The number of anilines is 1. The highest BCUT2D eigenvalue weighted by molar-refractivity contribution is 6.30. The lowest BCUT2D eigenvalue weighted by atomic mass is 10.0. The molecule has 0 radical (unpaired) electrons. The molecule has 182 valence electrons. The molecule has 2 aromatic rings. The van der Waals surface area contributed by atoms with Crippen LogP contribution in [0.15, 0.2) is 42.5 Å². The van der Waals surface area contributed by atoms with E-state index in [0.29, 0.717) is 13.2 Å². The normalized spacial score (nSPS) is 21.3. The third-order valence-corrected chi connectivity index (χ3v) is 7.37. The number of hydrogen-bond donors (Lipinski definition) is 1. The first-order valence-electron chi connectivity index (χ1n) is 12.6. The largest absolute Gasteiger partial charge is 0.486 e. The van der Waals surface area contributed by atoms with Crippen LogP contribution in [0.2, 0.25) is 5.02 Å². The summed E-state index contributed by atoms with van der Waals surface area (Å²) in [6, 6.07) is 14.1. The highest BCUT2D eigenvalue weighted by Crippen LogP contribution is 2.31. The van der Waals surface area contributed by atoms with Crippen molar-refractivity contribution in [1.82, 2.24) is 10.2 Å². The zero-order valence-electron chi connectivity index (χ0n) is 19.7. The van der Waals surface area contributed by atoms with Crippen molar-refractivity contribution in [2.45, 2.75) is 38.1 Å². The number of nitrogens with zero attached hydrogens (tertiary/aromatic N) is 2. The Bertz CT molecular complexity index is 978. The van der Waals surface area contributed by atoms with E-state index in [1.54, 1.807) is 0 Å². The minimum absolute atomic E-state index is 0.000185. The van der Waals surface area contributed by atoms with Crippen LogP contribution < -0.4 is 19.7 Å². The number of amides is 1. The summed E-state index contributed by atoms with van der Waals surface area (Å²) >= 11 is 6.04. The predicted molar refractivity (Wildman–Crippen MR) is 135 cm³/mol. The van der Waals surface area contributed by atoms with Crippen molar-refractivity contribution in [2.75, 3.05) is 50.8 Å². The molecule has 7 heteroatoms. The molecule has 0 spiro atoms. The minimum Gasteiger partial charge on any atom is -0.486 e. The van der Waals surface area contributed by atoms with Gasteiger partial charge in [-0.1, -0.05) is 24.1 Å². The summed E-state index contributed by atoms with van der Waals surface area (Å²) in [5.74, 6) is 1.77. The maximum absolute atomic E-state index is 13.3. The molecule has 5 rings (SSSR count). The molecule has 2 atom stereocenters. The van der Waals surface area contributed by atoms with E-state index in [9.17, 15) is 4.79 Å². The Balaban J connectivity index is 1.24. The minimum atomic E-state index is -0.000185. The fraction of sp³-hybridized carbons (Fsp3) is 0.519. The number of ether oxygens (including phenoxy) is 2. The van der Waals surface area contributed by atoms with Crippen LogP contribution in [-0.2, 0) is 11.2 Å². The number of fused-ring (bicyclic) bond motifs is 1. The van der Waals surface area contributed by atoms with E-state index in [-0.39, 0.29) is 17.9 Å². The van der Waals surface area contributed by atoms with Crippen molar-refractivity contribution in [3.8, 4) is 11.5 Å². The number of nitrogens with one attached hydrogen (secondary N) is 1. The van der Waals surface area contributed by atoms with Gasteiger partial charge in [0.25, 0.3) is 0 Å². The molecule has 3 aliphatic rings. The van der Waals surface area contributed by atoms with Gasteiger partial charge in [-0.2, -0.15) is 0 Å². The first-order valence-corrected chi connectivity index (χ1v) is 12.9. The molecule has 1 amide bonds. The van der Waals surface area contributed by atoms with Crippen LogP contribution in [0, 0.1) is 5.92 Å². The number of carbonyl (C=O) groups excluding carboxylic acids is 1. The molecule has 2 saturated heterocycles. The van der Waals surface area contributed by atoms with Crippen LogP contribution >= 0.6 is 11.6 Å². The van der Waals surface area contributed by atoms with Crippen molar-refractivity contribution in [2.24, 2.45) is 5.92 Å². The summed E-state index contributed by atoms with van der Waals surface area (Å²) in [6.07, 6.45) is 5.44. The first-order chi connectivity index (χ1) is 16.6. The number of halogens is 1. The van der Waals surface area contributed by atoms with Crippen molar-refractivity contribution in [3.63, 3.8) is 0 Å². The van der Waals surface area contributed by atoms with Crippen molar-refractivity contribution < 1.29 is 14.3 Å². The highest BCUT2D eigenvalue weighted by atomic mass is 35.5. The topological polar surface area (TPSA) is 54.0 Å². The Morgan fingerprint density at radius 1 is 1.00 bits per heavy atom. The van der Waals surface area contributed by atoms with E-state index in [2.05, 4.69) is 27.2 Å². The molecule has 0 bridgehead atoms. The number of benzene rings is 2. The zero-order valence-corrected chi connectivity index (χ0v) is 20.4. The molecule has 34 heavy (non-hydrogen) atoms. The standard InChI is InChI=1S/C27H34ClN3O3/c28-22-5-7-24(8-6-22)31-13-10-21(18-31)27(32)29-23(19-30-11-2-1-3-12-30)16-20-4-9-25-26(17-20)34-15-14-33-25/h4-9,17,21,23H,1-3,10-16,18-19H2,(H,29,32)/t21-,23?/m1/s1. The smallest absolute Gasteiger partial charge is 0.225 e. The van der Waals surface area contributed by atoms with Gasteiger partial charge in [-0.25, -0.2) is 0 Å². The van der Waals surface area contributed by atoms with E-state index in [1.165, 1.54) is 24.8 Å². The third-order valence-electron chi connectivity index (χ3n) is 7.11. The number of likely N-dealkylation sites (tertiary alicyclic amines) is 1. The van der Waals surface area contributed by atoms with Crippen LogP contribution in [0.5, 0.6) is 11.5 Å². The van der Waals surface area contributed by atoms with Gasteiger partial charge in [-0.05, 0) is 80.7 Å². The second kappa shape index (κ2) is 10.9.